The Morgan fingerprint density at radius 1 is 1.16 bits per heavy atom. The van der Waals surface area contributed by atoms with Gasteiger partial charge < -0.3 is 4.74 Å². The number of carbonyl (C=O) groups is 1. The normalized spacial score (nSPS) is 12.4. The molecule has 8 heteroatoms. The molecule has 0 radical (unpaired) electrons. The van der Waals surface area contributed by atoms with Crippen molar-refractivity contribution in [3.8, 4) is 5.75 Å². The number of anilines is 1. The van der Waals surface area contributed by atoms with Gasteiger partial charge in [0, 0.05) is 0 Å². The molecule has 0 aromatic heterocycles. The van der Waals surface area contributed by atoms with Crippen LogP contribution < -0.4 is 20.3 Å². The molecular weight excluding hydrogens is 342 g/mol. The monoisotopic (exact) mass is 363 g/mol. The highest BCUT2D eigenvalue weighted by Gasteiger charge is 2.31. The smallest absolute Gasteiger partial charge is 0.266 e. The van der Waals surface area contributed by atoms with Crippen LogP contribution in [0.3, 0.4) is 0 Å². The van der Waals surface area contributed by atoms with Crippen LogP contribution in [0.4, 0.5) is 5.69 Å². The van der Waals surface area contributed by atoms with Gasteiger partial charge in [-0.1, -0.05) is 17.7 Å². The van der Waals surface area contributed by atoms with Gasteiger partial charge in [-0.15, -0.1) is 0 Å². The molecule has 1 atom stereocenters. The number of nitrogens with zero attached hydrogens (tertiary/aromatic N) is 1. The quantitative estimate of drug-likeness (QED) is 0.320. The summed E-state index contributed by atoms with van der Waals surface area (Å²) in [6, 6.07) is 12.7. The molecule has 2 aromatic rings. The predicted molar refractivity (Wildman–Crippen MR) is 95.6 cm³/mol. The van der Waals surface area contributed by atoms with Crippen molar-refractivity contribution >= 4 is 22.0 Å². The third-order valence-corrected chi connectivity index (χ3v) is 5.36. The summed E-state index contributed by atoms with van der Waals surface area (Å²) >= 11 is 0. The molecule has 0 spiro atoms. The number of rotatable bonds is 8. The fraction of sp³-hybridized carbons (Fsp3) is 0.235. The van der Waals surface area contributed by atoms with Crippen LogP contribution in [0, 0.1) is 6.92 Å². The summed E-state index contributed by atoms with van der Waals surface area (Å²) in [6.45, 7) is 4.20. The van der Waals surface area contributed by atoms with Crippen LogP contribution in [-0.2, 0) is 14.8 Å². The summed E-state index contributed by atoms with van der Waals surface area (Å²) in [5.41, 5.74) is 3.52. The van der Waals surface area contributed by atoms with Crippen LogP contribution in [0.1, 0.15) is 12.5 Å². The van der Waals surface area contributed by atoms with Crippen molar-refractivity contribution in [3.63, 3.8) is 0 Å². The van der Waals surface area contributed by atoms with Gasteiger partial charge in [0.1, 0.15) is 5.75 Å². The lowest BCUT2D eigenvalue weighted by molar-refractivity contribution is -0.109. The van der Waals surface area contributed by atoms with Gasteiger partial charge in [0.2, 0.25) is 0 Å². The van der Waals surface area contributed by atoms with E-state index in [1.165, 1.54) is 12.1 Å². The number of carbonyl (C=O) groups excluding carboxylic acids is 1. The van der Waals surface area contributed by atoms with Gasteiger partial charge in [-0.25, -0.2) is 18.1 Å². The first-order valence-electron chi connectivity index (χ1n) is 7.69. The van der Waals surface area contributed by atoms with E-state index in [9.17, 15) is 13.2 Å². The summed E-state index contributed by atoms with van der Waals surface area (Å²) in [4.78, 5) is 11.4. The van der Waals surface area contributed by atoms with Gasteiger partial charge in [0.25, 0.3) is 10.0 Å². The van der Waals surface area contributed by atoms with E-state index in [0.29, 0.717) is 24.3 Å². The molecule has 25 heavy (non-hydrogen) atoms. The molecule has 0 aliphatic carbocycles. The molecule has 0 amide bonds. The number of ether oxygens (including phenoxy) is 1. The zero-order valence-electron chi connectivity index (χ0n) is 14.0. The SMILES string of the molecule is CCOc1ccc(S(=O)(=O)N(c2ccc(C)cc2)C(C=O)NN)cc1. The van der Waals surface area contributed by atoms with Crippen LogP contribution in [0.15, 0.2) is 53.4 Å². The summed E-state index contributed by atoms with van der Waals surface area (Å²) in [6.07, 6.45) is -0.800. The van der Waals surface area contributed by atoms with E-state index >= 15 is 0 Å². The van der Waals surface area contributed by atoms with Gasteiger partial charge in [-0.05, 0) is 50.2 Å². The summed E-state index contributed by atoms with van der Waals surface area (Å²) in [5, 5.41) is 0. The van der Waals surface area contributed by atoms with Gasteiger partial charge in [0.05, 0.1) is 17.2 Å². The Morgan fingerprint density at radius 3 is 2.24 bits per heavy atom. The van der Waals surface area contributed by atoms with E-state index in [-0.39, 0.29) is 4.90 Å². The van der Waals surface area contributed by atoms with E-state index in [2.05, 4.69) is 5.43 Å². The molecular formula is C17H21N3O4S. The Hall–Kier alpha value is -2.42. The number of benzene rings is 2. The number of nitrogens with two attached hydrogens (primary N) is 1. The number of nitrogens with one attached hydrogen (secondary N) is 1. The van der Waals surface area contributed by atoms with Gasteiger partial charge in [-0.3, -0.25) is 10.6 Å². The molecule has 0 aliphatic rings. The standard InChI is InChI=1S/C17H21N3O4S/c1-3-24-15-8-10-16(11-9-15)25(22,23)20(17(12-21)19-18)14-6-4-13(2)5-7-14/h4-12,17,19H,3,18H2,1-2H3. The van der Waals surface area contributed by atoms with Crippen molar-refractivity contribution in [1.82, 2.24) is 5.43 Å². The van der Waals surface area contributed by atoms with Crippen molar-refractivity contribution in [1.29, 1.82) is 0 Å². The highest BCUT2D eigenvalue weighted by atomic mass is 32.2. The number of hydrogen-bond acceptors (Lipinski definition) is 6. The zero-order valence-corrected chi connectivity index (χ0v) is 14.9. The van der Waals surface area contributed by atoms with Crippen molar-refractivity contribution in [2.45, 2.75) is 24.9 Å². The highest BCUT2D eigenvalue weighted by molar-refractivity contribution is 7.92. The lowest BCUT2D eigenvalue weighted by Gasteiger charge is -2.29. The Morgan fingerprint density at radius 2 is 1.76 bits per heavy atom. The van der Waals surface area contributed by atoms with E-state index in [1.807, 2.05) is 13.8 Å². The molecule has 134 valence electrons. The van der Waals surface area contributed by atoms with Crippen molar-refractivity contribution in [2.75, 3.05) is 10.9 Å². The van der Waals surface area contributed by atoms with Crippen molar-refractivity contribution in [2.24, 2.45) is 5.84 Å². The number of aldehydes is 1. The Balaban J connectivity index is 2.50. The van der Waals surface area contributed by atoms with Crippen LogP contribution >= 0.6 is 0 Å². The van der Waals surface area contributed by atoms with Gasteiger partial charge >= 0.3 is 0 Å². The second-order valence-corrected chi connectivity index (χ2v) is 7.10. The molecule has 0 heterocycles. The third-order valence-electron chi connectivity index (χ3n) is 3.53. The average Bonchev–Trinajstić information content (AvgIpc) is 2.61. The number of sulfonamides is 1. The van der Waals surface area contributed by atoms with E-state index in [4.69, 9.17) is 10.6 Å². The van der Waals surface area contributed by atoms with Gasteiger partial charge in [-0.2, -0.15) is 0 Å². The molecule has 1 unspecified atom stereocenters. The van der Waals surface area contributed by atoms with Crippen molar-refractivity contribution < 1.29 is 17.9 Å². The first-order chi connectivity index (χ1) is 11.9. The maximum absolute atomic E-state index is 13.1. The van der Waals surface area contributed by atoms with Crippen LogP contribution in [0.5, 0.6) is 5.75 Å². The number of aryl methyl sites for hydroxylation is 1. The maximum Gasteiger partial charge on any atom is 0.266 e. The fourth-order valence-electron chi connectivity index (χ4n) is 2.29. The second-order valence-electron chi connectivity index (χ2n) is 5.29. The number of hydrazine groups is 1. The maximum atomic E-state index is 13.1. The minimum atomic E-state index is -4.02. The van der Waals surface area contributed by atoms with E-state index in [1.54, 1.807) is 36.4 Å². The fourth-order valence-corrected chi connectivity index (χ4v) is 3.81. The molecule has 2 rings (SSSR count). The molecule has 0 aliphatic heterocycles. The Labute approximate surface area is 147 Å². The van der Waals surface area contributed by atoms with E-state index in [0.717, 1.165) is 9.87 Å². The minimum absolute atomic E-state index is 0.0265. The molecule has 3 N–H and O–H groups in total. The van der Waals surface area contributed by atoms with Crippen molar-refractivity contribution in [3.05, 3.63) is 54.1 Å². The molecule has 0 saturated heterocycles. The predicted octanol–water partition coefficient (Wildman–Crippen LogP) is 1.58. The molecule has 2 aromatic carbocycles. The average molecular weight is 363 g/mol. The zero-order chi connectivity index (χ0) is 18.4. The van der Waals surface area contributed by atoms with E-state index < -0.39 is 16.2 Å². The minimum Gasteiger partial charge on any atom is -0.494 e. The Bertz CT molecular complexity index is 805. The largest absolute Gasteiger partial charge is 0.494 e. The topological polar surface area (TPSA) is 102 Å². The van der Waals surface area contributed by atoms with Crippen LogP contribution in [-0.4, -0.2) is 27.5 Å². The van der Waals surface area contributed by atoms with Crippen LogP contribution in [0.2, 0.25) is 0 Å². The second kappa shape index (κ2) is 8.11. The molecule has 7 nitrogen and oxygen atoms in total. The molecule has 0 fully saturated rings. The first kappa shape index (κ1) is 18.9. The first-order valence-corrected chi connectivity index (χ1v) is 9.13. The molecule has 0 saturated carbocycles. The van der Waals surface area contributed by atoms with Crippen LogP contribution in [0.25, 0.3) is 0 Å². The number of hydrogen-bond donors (Lipinski definition) is 2. The highest BCUT2D eigenvalue weighted by Crippen LogP contribution is 2.26. The third kappa shape index (κ3) is 4.16. The molecule has 0 bridgehead atoms. The lowest BCUT2D eigenvalue weighted by atomic mass is 10.2. The van der Waals surface area contributed by atoms with Gasteiger partial charge in [0.15, 0.2) is 12.5 Å². The lowest BCUT2D eigenvalue weighted by Crippen LogP contribution is -2.52. The summed E-state index contributed by atoms with van der Waals surface area (Å²) in [7, 11) is -4.02. The Kier molecular flexibility index (Phi) is 6.13. The summed E-state index contributed by atoms with van der Waals surface area (Å²) in [5.74, 6) is 5.94. The summed E-state index contributed by atoms with van der Waals surface area (Å²) < 4.78 is 32.4.